The van der Waals surface area contributed by atoms with E-state index in [0.717, 1.165) is 5.69 Å². The summed E-state index contributed by atoms with van der Waals surface area (Å²) >= 11 is 0. The van der Waals surface area contributed by atoms with E-state index in [2.05, 4.69) is 5.32 Å². The van der Waals surface area contributed by atoms with Crippen LogP contribution < -0.4 is 24.6 Å². The van der Waals surface area contributed by atoms with Crippen LogP contribution in [0.5, 0.6) is 11.5 Å². The summed E-state index contributed by atoms with van der Waals surface area (Å²) in [5.74, 6) is 0.721. The van der Waals surface area contributed by atoms with Gasteiger partial charge in [-0.05, 0) is 67.6 Å². The highest BCUT2D eigenvalue weighted by atomic mass is 16.5. The van der Waals surface area contributed by atoms with E-state index in [0.29, 0.717) is 22.7 Å². The van der Waals surface area contributed by atoms with Crippen LogP contribution in [0.3, 0.4) is 0 Å². The summed E-state index contributed by atoms with van der Waals surface area (Å²) in [6, 6.07) is 23.3. The van der Waals surface area contributed by atoms with Crippen LogP contribution >= 0.6 is 0 Å². The summed E-state index contributed by atoms with van der Waals surface area (Å²) < 4.78 is 10.5. The van der Waals surface area contributed by atoms with Crippen molar-refractivity contribution in [2.45, 2.75) is 12.6 Å². The molecule has 3 aromatic carbocycles. The van der Waals surface area contributed by atoms with Crippen molar-refractivity contribution in [1.82, 2.24) is 5.32 Å². The van der Waals surface area contributed by atoms with Gasteiger partial charge in [0.15, 0.2) is 5.66 Å². The summed E-state index contributed by atoms with van der Waals surface area (Å²) in [5, 5.41) is 2.95. The highest BCUT2D eigenvalue weighted by Gasteiger charge is 2.46. The fraction of sp³-hybridized carbons (Fsp3) is 0.154. The minimum absolute atomic E-state index is 0.310. The Kier molecular flexibility index (Phi) is 6.04. The molecule has 0 aromatic heterocycles. The van der Waals surface area contributed by atoms with Gasteiger partial charge in [-0.1, -0.05) is 18.2 Å². The molecule has 1 N–H and O–H groups in total. The third-order valence-corrected chi connectivity index (χ3v) is 5.58. The predicted octanol–water partition coefficient (Wildman–Crippen LogP) is 4.17. The summed E-state index contributed by atoms with van der Waals surface area (Å²) in [6.07, 6.45) is 3.46. The van der Waals surface area contributed by atoms with Gasteiger partial charge in [0.05, 0.1) is 14.2 Å². The standard InChI is InChI=1S/C26H25N3O4/c1-26(27-24(30)19-7-5-4-6-8-19)25(31)28(20-9-13-22(32-2)14-10-20)17-18-29(26)21-11-15-23(33-3)16-12-21/h4-18H,1-3H3,(H,27,30). The number of hydrogen-bond acceptors (Lipinski definition) is 5. The van der Waals surface area contributed by atoms with Crippen LogP contribution in [-0.4, -0.2) is 31.7 Å². The maximum Gasteiger partial charge on any atom is 0.277 e. The van der Waals surface area contributed by atoms with Gasteiger partial charge < -0.3 is 19.7 Å². The molecule has 1 atom stereocenters. The molecule has 3 aromatic rings. The first kappa shape index (κ1) is 22.0. The zero-order chi connectivity index (χ0) is 23.4. The number of anilines is 2. The van der Waals surface area contributed by atoms with E-state index >= 15 is 0 Å². The Labute approximate surface area is 192 Å². The van der Waals surface area contributed by atoms with Crippen molar-refractivity contribution in [3.63, 3.8) is 0 Å². The number of hydrogen-bond donors (Lipinski definition) is 1. The second-order valence-corrected chi connectivity index (χ2v) is 7.63. The number of carbonyl (C=O) groups is 2. The summed E-state index contributed by atoms with van der Waals surface area (Å²) in [5.41, 5.74) is 0.458. The molecule has 168 valence electrons. The maximum absolute atomic E-state index is 13.8. The van der Waals surface area contributed by atoms with Crippen molar-refractivity contribution in [1.29, 1.82) is 0 Å². The Hall–Kier alpha value is -4.26. The molecule has 0 bridgehead atoms. The van der Waals surface area contributed by atoms with Crippen molar-refractivity contribution in [3.05, 3.63) is 96.8 Å². The zero-order valence-corrected chi connectivity index (χ0v) is 18.7. The fourth-order valence-corrected chi connectivity index (χ4v) is 3.72. The van der Waals surface area contributed by atoms with Crippen molar-refractivity contribution < 1.29 is 19.1 Å². The molecule has 0 spiro atoms. The second kappa shape index (κ2) is 9.08. The minimum atomic E-state index is -1.39. The van der Waals surface area contributed by atoms with Crippen LogP contribution in [0.15, 0.2) is 91.3 Å². The summed E-state index contributed by atoms with van der Waals surface area (Å²) in [7, 11) is 3.18. The number of nitrogens with one attached hydrogen (secondary N) is 1. The van der Waals surface area contributed by atoms with Gasteiger partial charge >= 0.3 is 0 Å². The Morgan fingerprint density at radius 2 is 1.33 bits per heavy atom. The molecule has 7 heteroatoms. The van der Waals surface area contributed by atoms with Crippen molar-refractivity contribution in [2.75, 3.05) is 24.0 Å². The molecule has 0 saturated heterocycles. The van der Waals surface area contributed by atoms with E-state index in [1.165, 1.54) is 4.90 Å². The third-order valence-electron chi connectivity index (χ3n) is 5.58. The van der Waals surface area contributed by atoms with Crippen molar-refractivity contribution >= 4 is 23.2 Å². The molecular formula is C26H25N3O4. The first-order valence-electron chi connectivity index (χ1n) is 10.4. The van der Waals surface area contributed by atoms with Gasteiger partial charge in [-0.3, -0.25) is 14.5 Å². The minimum Gasteiger partial charge on any atom is -0.497 e. The Balaban J connectivity index is 1.74. The molecule has 7 nitrogen and oxygen atoms in total. The van der Waals surface area contributed by atoms with Gasteiger partial charge in [0.2, 0.25) is 0 Å². The van der Waals surface area contributed by atoms with Crippen LogP contribution in [0.2, 0.25) is 0 Å². The highest BCUT2D eigenvalue weighted by molar-refractivity contribution is 6.08. The monoisotopic (exact) mass is 443 g/mol. The molecule has 1 aliphatic rings. The van der Waals surface area contributed by atoms with Crippen LogP contribution in [0, 0.1) is 0 Å². The number of benzene rings is 3. The van der Waals surface area contributed by atoms with Gasteiger partial charge in [-0.2, -0.15) is 0 Å². The molecule has 4 rings (SSSR count). The van der Waals surface area contributed by atoms with Gasteiger partial charge in [0, 0.05) is 29.3 Å². The number of amides is 2. The Bertz CT molecular complexity index is 1160. The average molecular weight is 444 g/mol. The second-order valence-electron chi connectivity index (χ2n) is 7.63. The van der Waals surface area contributed by atoms with E-state index < -0.39 is 5.66 Å². The van der Waals surface area contributed by atoms with Crippen LogP contribution in [-0.2, 0) is 4.79 Å². The highest BCUT2D eigenvalue weighted by Crippen LogP contribution is 2.33. The van der Waals surface area contributed by atoms with Gasteiger partial charge in [0.1, 0.15) is 11.5 Å². The van der Waals surface area contributed by atoms with E-state index in [1.54, 1.807) is 87.0 Å². The molecule has 0 saturated carbocycles. The largest absolute Gasteiger partial charge is 0.497 e. The molecule has 1 unspecified atom stereocenters. The molecule has 0 aliphatic carbocycles. The SMILES string of the molecule is COc1ccc(N2C=CN(c3ccc(OC)cc3)C(C)(NC(=O)c3ccccc3)C2=O)cc1. The molecule has 0 radical (unpaired) electrons. The van der Waals surface area contributed by atoms with Crippen LogP contribution in [0.4, 0.5) is 11.4 Å². The Morgan fingerprint density at radius 3 is 1.88 bits per heavy atom. The first-order chi connectivity index (χ1) is 16.0. The summed E-state index contributed by atoms with van der Waals surface area (Å²) in [4.78, 5) is 30.2. The number of carbonyl (C=O) groups excluding carboxylic acids is 2. The zero-order valence-electron chi connectivity index (χ0n) is 18.7. The fourth-order valence-electron chi connectivity index (χ4n) is 3.72. The number of rotatable bonds is 6. The van der Waals surface area contributed by atoms with Crippen LogP contribution in [0.25, 0.3) is 0 Å². The normalized spacial score (nSPS) is 17.6. The van der Waals surface area contributed by atoms with Gasteiger partial charge in [0.25, 0.3) is 11.8 Å². The molecule has 2 amide bonds. The number of methoxy groups -OCH3 is 2. The Morgan fingerprint density at radius 1 is 0.788 bits per heavy atom. The lowest BCUT2D eigenvalue weighted by atomic mass is 10.0. The molecule has 1 aliphatic heterocycles. The lowest BCUT2D eigenvalue weighted by molar-refractivity contribution is -0.123. The lowest BCUT2D eigenvalue weighted by Gasteiger charge is -2.45. The first-order valence-corrected chi connectivity index (χ1v) is 10.4. The predicted molar refractivity (Wildman–Crippen MR) is 127 cm³/mol. The smallest absolute Gasteiger partial charge is 0.277 e. The van der Waals surface area contributed by atoms with E-state index in [9.17, 15) is 9.59 Å². The lowest BCUT2D eigenvalue weighted by Crippen LogP contribution is -2.67. The van der Waals surface area contributed by atoms with E-state index in [1.807, 2.05) is 30.3 Å². The average Bonchev–Trinajstić information content (AvgIpc) is 2.86. The number of ether oxygens (including phenoxy) is 2. The van der Waals surface area contributed by atoms with Gasteiger partial charge in [-0.25, -0.2) is 0 Å². The quantitative estimate of drug-likeness (QED) is 0.619. The van der Waals surface area contributed by atoms with Gasteiger partial charge in [-0.15, -0.1) is 0 Å². The van der Waals surface area contributed by atoms with Crippen molar-refractivity contribution in [2.24, 2.45) is 0 Å². The molecular weight excluding hydrogens is 418 g/mol. The third kappa shape index (κ3) is 4.25. The molecule has 1 heterocycles. The van der Waals surface area contributed by atoms with Crippen LogP contribution in [0.1, 0.15) is 17.3 Å². The topological polar surface area (TPSA) is 71.1 Å². The van der Waals surface area contributed by atoms with E-state index in [-0.39, 0.29) is 11.8 Å². The van der Waals surface area contributed by atoms with Crippen molar-refractivity contribution in [3.8, 4) is 11.5 Å². The number of nitrogens with zero attached hydrogens (tertiary/aromatic N) is 2. The molecule has 0 fully saturated rings. The maximum atomic E-state index is 13.8. The summed E-state index contributed by atoms with van der Waals surface area (Å²) in [6.45, 7) is 1.69. The van der Waals surface area contributed by atoms with E-state index in [4.69, 9.17) is 9.47 Å². The molecule has 33 heavy (non-hydrogen) atoms.